The molecule has 1 aromatic carbocycles. The lowest BCUT2D eigenvalue weighted by Crippen LogP contribution is -2.06. The van der Waals surface area contributed by atoms with Crippen molar-refractivity contribution < 1.29 is 9.53 Å². The Labute approximate surface area is 105 Å². The molecular weight excluding hydrogens is 238 g/mol. The maximum Gasteiger partial charge on any atom is 0.354 e. The van der Waals surface area contributed by atoms with Crippen LogP contribution in [-0.2, 0) is 4.74 Å². The van der Waals surface area contributed by atoms with Crippen LogP contribution < -0.4 is 0 Å². The second-order valence-electron chi connectivity index (χ2n) is 3.90. The normalized spacial score (nSPS) is 10.7. The Morgan fingerprint density at radius 1 is 1.41 bits per heavy atom. The molecule has 2 aromatic rings. The minimum absolute atomic E-state index is 0.314. The standard InChI is InChI=1S/C13H14ClNO2/c1-2-3-6-17-13(16)12-8-9-7-10(14)4-5-11(9)15-12/h4-5,7-8,15H,2-3,6H2,1H3. The van der Waals surface area contributed by atoms with E-state index in [-0.39, 0.29) is 5.97 Å². The predicted molar refractivity (Wildman–Crippen MR) is 68.5 cm³/mol. The number of fused-ring (bicyclic) bond motifs is 1. The van der Waals surface area contributed by atoms with E-state index >= 15 is 0 Å². The molecule has 3 nitrogen and oxygen atoms in total. The Morgan fingerprint density at radius 3 is 3.00 bits per heavy atom. The molecule has 0 saturated carbocycles. The lowest BCUT2D eigenvalue weighted by atomic mass is 10.2. The fourth-order valence-electron chi connectivity index (χ4n) is 1.60. The second-order valence-corrected chi connectivity index (χ2v) is 4.34. The monoisotopic (exact) mass is 251 g/mol. The molecule has 0 aliphatic heterocycles. The zero-order valence-corrected chi connectivity index (χ0v) is 10.4. The van der Waals surface area contributed by atoms with Crippen LogP contribution in [0.4, 0.5) is 0 Å². The molecule has 0 radical (unpaired) electrons. The van der Waals surface area contributed by atoms with Gasteiger partial charge in [0.1, 0.15) is 5.69 Å². The first-order valence-corrected chi connectivity index (χ1v) is 6.04. The number of ether oxygens (including phenoxy) is 1. The van der Waals surface area contributed by atoms with Crippen molar-refractivity contribution in [1.82, 2.24) is 4.98 Å². The van der Waals surface area contributed by atoms with E-state index < -0.39 is 0 Å². The van der Waals surface area contributed by atoms with Crippen LogP contribution in [0.5, 0.6) is 0 Å². The zero-order valence-electron chi connectivity index (χ0n) is 9.63. The summed E-state index contributed by atoms with van der Waals surface area (Å²) in [4.78, 5) is 14.7. The first kappa shape index (κ1) is 12.0. The average molecular weight is 252 g/mol. The van der Waals surface area contributed by atoms with Gasteiger partial charge in [-0.1, -0.05) is 24.9 Å². The van der Waals surface area contributed by atoms with Crippen LogP contribution >= 0.6 is 11.6 Å². The highest BCUT2D eigenvalue weighted by molar-refractivity contribution is 6.31. The molecule has 0 fully saturated rings. The number of carbonyl (C=O) groups excluding carboxylic acids is 1. The number of unbranched alkanes of at least 4 members (excludes halogenated alkanes) is 1. The fraction of sp³-hybridized carbons (Fsp3) is 0.308. The summed E-state index contributed by atoms with van der Waals surface area (Å²) in [6.45, 7) is 2.52. The Balaban J connectivity index is 2.15. The quantitative estimate of drug-likeness (QED) is 0.664. The van der Waals surface area contributed by atoms with Crippen LogP contribution in [0.25, 0.3) is 10.9 Å². The van der Waals surface area contributed by atoms with Crippen LogP contribution in [0.2, 0.25) is 5.02 Å². The third-order valence-electron chi connectivity index (χ3n) is 2.53. The summed E-state index contributed by atoms with van der Waals surface area (Å²) in [5, 5.41) is 1.57. The number of aromatic amines is 1. The average Bonchev–Trinajstić information content (AvgIpc) is 2.72. The lowest BCUT2D eigenvalue weighted by molar-refractivity contribution is 0.0494. The van der Waals surface area contributed by atoms with Crippen molar-refractivity contribution in [2.45, 2.75) is 19.8 Å². The van der Waals surface area contributed by atoms with Gasteiger partial charge in [0.25, 0.3) is 0 Å². The van der Waals surface area contributed by atoms with Gasteiger partial charge in [0.05, 0.1) is 6.61 Å². The number of rotatable bonds is 4. The number of H-pyrrole nitrogens is 1. The van der Waals surface area contributed by atoms with E-state index in [2.05, 4.69) is 11.9 Å². The van der Waals surface area contributed by atoms with Gasteiger partial charge in [-0.3, -0.25) is 0 Å². The van der Waals surface area contributed by atoms with Gasteiger partial charge < -0.3 is 9.72 Å². The van der Waals surface area contributed by atoms with Gasteiger partial charge in [0.2, 0.25) is 0 Å². The van der Waals surface area contributed by atoms with Gasteiger partial charge in [-0.25, -0.2) is 4.79 Å². The number of aromatic nitrogens is 1. The van der Waals surface area contributed by atoms with Crippen molar-refractivity contribution in [2.24, 2.45) is 0 Å². The number of benzene rings is 1. The minimum Gasteiger partial charge on any atom is -0.461 e. The van der Waals surface area contributed by atoms with E-state index in [0.717, 1.165) is 23.7 Å². The topological polar surface area (TPSA) is 42.1 Å². The summed E-state index contributed by atoms with van der Waals surface area (Å²) >= 11 is 5.88. The second kappa shape index (κ2) is 5.23. The largest absolute Gasteiger partial charge is 0.461 e. The Hall–Kier alpha value is -1.48. The van der Waals surface area contributed by atoms with Crippen LogP contribution in [0.15, 0.2) is 24.3 Å². The van der Waals surface area contributed by atoms with Crippen LogP contribution in [0, 0.1) is 0 Å². The fourth-order valence-corrected chi connectivity index (χ4v) is 1.78. The number of halogens is 1. The first-order valence-electron chi connectivity index (χ1n) is 5.66. The molecule has 1 heterocycles. The molecule has 90 valence electrons. The van der Waals surface area contributed by atoms with Crippen molar-refractivity contribution in [3.05, 3.63) is 35.0 Å². The smallest absolute Gasteiger partial charge is 0.354 e. The summed E-state index contributed by atoms with van der Waals surface area (Å²) in [6, 6.07) is 7.21. The highest BCUT2D eigenvalue weighted by Gasteiger charge is 2.10. The highest BCUT2D eigenvalue weighted by atomic mass is 35.5. The first-order chi connectivity index (χ1) is 8.20. The van der Waals surface area contributed by atoms with Crippen molar-refractivity contribution in [2.75, 3.05) is 6.61 Å². The Bertz CT molecular complexity index is 533. The molecule has 1 N–H and O–H groups in total. The Morgan fingerprint density at radius 2 is 2.24 bits per heavy atom. The number of hydrogen-bond acceptors (Lipinski definition) is 2. The van der Waals surface area contributed by atoms with E-state index in [1.165, 1.54) is 0 Å². The molecule has 17 heavy (non-hydrogen) atoms. The number of carbonyl (C=O) groups is 1. The third-order valence-corrected chi connectivity index (χ3v) is 2.77. The van der Waals surface area contributed by atoms with Crippen LogP contribution in [-0.4, -0.2) is 17.6 Å². The number of hydrogen-bond donors (Lipinski definition) is 1. The summed E-state index contributed by atoms with van der Waals surface area (Å²) in [6.07, 6.45) is 1.90. The van der Waals surface area contributed by atoms with Crippen molar-refractivity contribution in [3.8, 4) is 0 Å². The van der Waals surface area contributed by atoms with Gasteiger partial charge in [-0.2, -0.15) is 0 Å². The summed E-state index contributed by atoms with van der Waals surface area (Å²) in [5.41, 5.74) is 1.36. The van der Waals surface area contributed by atoms with Crippen molar-refractivity contribution >= 4 is 28.5 Å². The third kappa shape index (κ3) is 2.80. The predicted octanol–water partition coefficient (Wildman–Crippen LogP) is 3.78. The van der Waals surface area contributed by atoms with Gasteiger partial charge in [-0.15, -0.1) is 0 Å². The van der Waals surface area contributed by atoms with Crippen molar-refractivity contribution in [3.63, 3.8) is 0 Å². The van der Waals surface area contributed by atoms with E-state index in [9.17, 15) is 4.79 Å². The van der Waals surface area contributed by atoms with E-state index in [0.29, 0.717) is 17.3 Å². The van der Waals surface area contributed by atoms with E-state index in [4.69, 9.17) is 16.3 Å². The van der Waals surface area contributed by atoms with Gasteiger partial charge >= 0.3 is 5.97 Å². The van der Waals surface area contributed by atoms with Gasteiger partial charge in [0, 0.05) is 15.9 Å². The highest BCUT2D eigenvalue weighted by Crippen LogP contribution is 2.20. The molecule has 1 aromatic heterocycles. The summed E-state index contributed by atoms with van der Waals surface area (Å²) in [7, 11) is 0. The molecule has 0 aliphatic carbocycles. The molecular formula is C13H14ClNO2. The maximum atomic E-state index is 11.7. The molecule has 0 spiro atoms. The van der Waals surface area contributed by atoms with Gasteiger partial charge in [0.15, 0.2) is 0 Å². The van der Waals surface area contributed by atoms with Crippen LogP contribution in [0.3, 0.4) is 0 Å². The van der Waals surface area contributed by atoms with E-state index in [1.54, 1.807) is 12.1 Å². The van der Waals surface area contributed by atoms with E-state index in [1.807, 2.05) is 12.1 Å². The molecule has 0 aliphatic rings. The molecule has 0 amide bonds. The zero-order chi connectivity index (χ0) is 12.3. The van der Waals surface area contributed by atoms with Gasteiger partial charge in [-0.05, 0) is 30.7 Å². The summed E-state index contributed by atoms with van der Waals surface area (Å²) < 4.78 is 5.13. The molecule has 0 saturated heterocycles. The van der Waals surface area contributed by atoms with Crippen molar-refractivity contribution in [1.29, 1.82) is 0 Å². The molecule has 4 heteroatoms. The summed E-state index contributed by atoms with van der Waals surface area (Å²) in [5.74, 6) is -0.314. The van der Waals surface area contributed by atoms with Crippen LogP contribution in [0.1, 0.15) is 30.3 Å². The molecule has 0 atom stereocenters. The maximum absolute atomic E-state index is 11.7. The SMILES string of the molecule is CCCCOC(=O)c1cc2cc(Cl)ccc2[nH]1. The Kier molecular flexibility index (Phi) is 3.69. The lowest BCUT2D eigenvalue weighted by Gasteiger charge is -2.00. The molecule has 0 bridgehead atoms. The minimum atomic E-state index is -0.314. The number of nitrogens with one attached hydrogen (secondary N) is 1. The molecule has 0 unspecified atom stereocenters. The number of esters is 1. The molecule has 2 rings (SSSR count).